The van der Waals surface area contributed by atoms with Gasteiger partial charge in [-0.3, -0.25) is 0 Å². The van der Waals surface area contributed by atoms with Gasteiger partial charge in [-0.1, -0.05) is 106 Å². The molecule has 5 aromatic carbocycles. The highest BCUT2D eigenvalue weighted by Crippen LogP contribution is 2.48. The minimum absolute atomic E-state index is 0.0142. The number of nitrogens with zero attached hydrogens (tertiary/aromatic N) is 2. The summed E-state index contributed by atoms with van der Waals surface area (Å²) in [4.78, 5) is 2.46. The summed E-state index contributed by atoms with van der Waals surface area (Å²) < 4.78 is 2.38. The molecule has 226 valence electrons. The maximum atomic E-state index is 2.46. The van der Waals surface area contributed by atoms with Gasteiger partial charge in [0, 0.05) is 35.9 Å². The van der Waals surface area contributed by atoms with Crippen LogP contribution in [-0.4, -0.2) is 30.4 Å². The molecule has 2 aliphatic heterocycles. The number of aryl methyl sites for hydroxylation is 1. The number of anilines is 1. The minimum Gasteiger partial charge on any atom is -0.367 e. The Labute approximate surface area is 269 Å². The number of likely N-dealkylation sites (N-methyl/N-ethyl adjacent to an activating group) is 1. The lowest BCUT2D eigenvalue weighted by Gasteiger charge is -2.30. The van der Waals surface area contributed by atoms with Crippen LogP contribution in [0.25, 0.3) is 33.7 Å². The summed E-state index contributed by atoms with van der Waals surface area (Å²) in [5.41, 5.74) is 10.7. The average Bonchev–Trinajstić information content (AvgIpc) is 3.35. The summed E-state index contributed by atoms with van der Waals surface area (Å²) in [6, 6.07) is 34.1. The molecule has 5 aromatic rings. The van der Waals surface area contributed by atoms with Crippen LogP contribution in [0.5, 0.6) is 0 Å². The third-order valence-electron chi connectivity index (χ3n) is 10.5. The highest BCUT2D eigenvalue weighted by molar-refractivity contribution is 6.09. The quantitative estimate of drug-likeness (QED) is 0.179. The van der Waals surface area contributed by atoms with E-state index in [0.717, 1.165) is 12.8 Å². The van der Waals surface area contributed by atoms with Crippen LogP contribution in [0.1, 0.15) is 68.9 Å². The van der Waals surface area contributed by atoms with Gasteiger partial charge in [0.1, 0.15) is 7.05 Å². The first-order valence-corrected chi connectivity index (χ1v) is 16.5. The van der Waals surface area contributed by atoms with Crippen LogP contribution in [0.4, 0.5) is 11.4 Å². The predicted octanol–water partition coefficient (Wildman–Crippen LogP) is 10.5. The molecule has 0 amide bonds. The molecule has 2 nitrogen and oxygen atoms in total. The van der Waals surface area contributed by atoms with Gasteiger partial charge >= 0.3 is 0 Å². The molecule has 45 heavy (non-hydrogen) atoms. The van der Waals surface area contributed by atoms with Crippen molar-refractivity contribution < 1.29 is 4.58 Å². The van der Waals surface area contributed by atoms with E-state index in [0.29, 0.717) is 0 Å². The summed E-state index contributed by atoms with van der Waals surface area (Å²) in [5, 5.41) is 5.34. The van der Waals surface area contributed by atoms with Gasteiger partial charge in [0.05, 0.1) is 11.5 Å². The molecule has 2 heteroatoms. The molecule has 7 rings (SSSR count). The maximum absolute atomic E-state index is 2.46. The van der Waals surface area contributed by atoms with Crippen LogP contribution in [-0.2, 0) is 17.3 Å². The Hall–Kier alpha value is -4.43. The van der Waals surface area contributed by atoms with E-state index in [1.165, 1.54) is 66.4 Å². The third kappa shape index (κ3) is 4.74. The van der Waals surface area contributed by atoms with Crippen LogP contribution in [0, 0.1) is 0 Å². The molecule has 0 N–H and O–H groups in total. The zero-order chi connectivity index (χ0) is 31.5. The van der Waals surface area contributed by atoms with Crippen molar-refractivity contribution in [1.29, 1.82) is 0 Å². The normalized spacial score (nSPS) is 18.6. The zero-order valence-corrected chi connectivity index (χ0v) is 27.9. The maximum Gasteiger partial charge on any atom is 0.210 e. The molecule has 0 spiro atoms. The number of allylic oxidation sites excluding steroid dienone is 1. The Bertz CT molecular complexity index is 2050. The molecule has 0 fully saturated rings. The lowest BCUT2D eigenvalue weighted by Crippen LogP contribution is -2.37. The first-order valence-electron chi connectivity index (χ1n) is 16.5. The summed E-state index contributed by atoms with van der Waals surface area (Å²) in [6.45, 7) is 11.8. The van der Waals surface area contributed by atoms with Crippen molar-refractivity contribution in [1.82, 2.24) is 0 Å². The van der Waals surface area contributed by atoms with Crippen molar-refractivity contribution in [2.45, 2.75) is 64.3 Å². The van der Waals surface area contributed by atoms with E-state index in [2.05, 4.69) is 173 Å². The van der Waals surface area contributed by atoms with Gasteiger partial charge in [-0.15, -0.1) is 0 Å². The van der Waals surface area contributed by atoms with Crippen LogP contribution in [0.15, 0.2) is 103 Å². The lowest BCUT2D eigenvalue weighted by molar-refractivity contribution is -0.401. The largest absolute Gasteiger partial charge is 0.367 e. The van der Waals surface area contributed by atoms with Crippen molar-refractivity contribution in [3.05, 3.63) is 131 Å². The Kier molecular flexibility index (Phi) is 7.08. The fraction of sp³-hybridized carbons (Fsp3) is 0.279. The highest BCUT2D eigenvalue weighted by atomic mass is 15.2. The predicted molar refractivity (Wildman–Crippen MR) is 195 cm³/mol. The number of benzene rings is 5. The molecular weight excluding hydrogens is 544 g/mol. The monoisotopic (exact) mass is 589 g/mol. The molecule has 2 aliphatic rings. The average molecular weight is 590 g/mol. The van der Waals surface area contributed by atoms with E-state index < -0.39 is 0 Å². The van der Waals surface area contributed by atoms with E-state index in [1.807, 2.05) is 0 Å². The number of hydrogen-bond acceptors (Lipinski definition) is 1. The number of fused-ring (bicyclic) bond motifs is 6. The van der Waals surface area contributed by atoms with Gasteiger partial charge in [-0.25, -0.2) is 0 Å². The summed E-state index contributed by atoms with van der Waals surface area (Å²) >= 11 is 0. The Morgan fingerprint density at radius 2 is 1.36 bits per heavy atom. The first kappa shape index (κ1) is 29.3. The smallest absolute Gasteiger partial charge is 0.210 e. The van der Waals surface area contributed by atoms with Gasteiger partial charge in [-0.2, -0.15) is 4.58 Å². The molecule has 0 saturated heterocycles. The van der Waals surface area contributed by atoms with Crippen molar-refractivity contribution in [2.75, 3.05) is 19.0 Å². The molecule has 0 aliphatic carbocycles. The molecule has 2 heterocycles. The van der Waals surface area contributed by atoms with Gasteiger partial charge in [0.15, 0.2) is 5.71 Å². The SMILES string of the molecule is CCCc1cc(/C=C/C2=[N+](C)c3ccc4ccccc4c3C2(C)C)cc(/C=C/C2N(C)c3ccc4ccccc4c3C2(C)C)c1. The van der Waals surface area contributed by atoms with Gasteiger partial charge in [0.25, 0.3) is 0 Å². The van der Waals surface area contributed by atoms with E-state index in [-0.39, 0.29) is 16.9 Å². The molecule has 0 saturated carbocycles. The summed E-state index contributed by atoms with van der Waals surface area (Å²) in [7, 11) is 4.46. The van der Waals surface area contributed by atoms with Crippen molar-refractivity contribution >= 4 is 50.8 Å². The van der Waals surface area contributed by atoms with Gasteiger partial charge in [-0.05, 0) is 88.3 Å². The van der Waals surface area contributed by atoms with Crippen LogP contribution in [0.2, 0.25) is 0 Å². The van der Waals surface area contributed by atoms with Gasteiger partial charge < -0.3 is 4.90 Å². The molecule has 0 bridgehead atoms. The lowest BCUT2D eigenvalue weighted by atomic mass is 9.78. The van der Waals surface area contributed by atoms with Crippen molar-refractivity contribution in [3.63, 3.8) is 0 Å². The minimum atomic E-state index is -0.0942. The fourth-order valence-electron chi connectivity index (χ4n) is 8.32. The van der Waals surface area contributed by atoms with E-state index in [9.17, 15) is 0 Å². The third-order valence-corrected chi connectivity index (χ3v) is 10.5. The fourth-order valence-corrected chi connectivity index (χ4v) is 8.32. The molecule has 0 aromatic heterocycles. The second-order valence-corrected chi connectivity index (χ2v) is 14.2. The summed E-state index contributed by atoms with van der Waals surface area (Å²) in [6.07, 6.45) is 11.7. The Morgan fingerprint density at radius 3 is 2.04 bits per heavy atom. The molecular formula is C43H45N2+. The number of hydrogen-bond donors (Lipinski definition) is 0. The topological polar surface area (TPSA) is 6.25 Å². The first-order chi connectivity index (χ1) is 21.6. The molecule has 1 unspecified atom stereocenters. The standard InChI is InChI=1S/C43H45N2/c1-8-13-29-26-30(18-24-38-42(2,3)40-34-16-11-9-14-32(34)20-22-36(40)44(38)6)28-31(27-29)19-25-39-43(4,5)41-35-17-12-10-15-33(35)21-23-37(41)45(39)7/h9-12,14-28,38H,8,13H2,1-7H3/q+1/b24-18+,25-19+. The van der Waals surface area contributed by atoms with Crippen LogP contribution >= 0.6 is 0 Å². The zero-order valence-electron chi connectivity index (χ0n) is 27.9. The van der Waals surface area contributed by atoms with Crippen molar-refractivity contribution in [3.8, 4) is 0 Å². The number of rotatable bonds is 6. The molecule has 1 atom stereocenters. The van der Waals surface area contributed by atoms with Crippen LogP contribution < -0.4 is 4.90 Å². The van der Waals surface area contributed by atoms with Crippen molar-refractivity contribution in [2.24, 2.45) is 0 Å². The highest BCUT2D eigenvalue weighted by Gasteiger charge is 2.44. The van der Waals surface area contributed by atoms with E-state index >= 15 is 0 Å². The Morgan fingerprint density at radius 1 is 0.733 bits per heavy atom. The second kappa shape index (κ2) is 10.9. The summed E-state index contributed by atoms with van der Waals surface area (Å²) in [5.74, 6) is 0. The Balaban J connectivity index is 1.22. The second-order valence-electron chi connectivity index (χ2n) is 14.2. The molecule has 0 radical (unpaired) electrons. The van der Waals surface area contributed by atoms with Gasteiger partial charge in [0.2, 0.25) is 5.69 Å². The van der Waals surface area contributed by atoms with E-state index in [1.54, 1.807) is 0 Å². The van der Waals surface area contributed by atoms with E-state index in [4.69, 9.17) is 0 Å². The van der Waals surface area contributed by atoms with Crippen LogP contribution in [0.3, 0.4) is 0 Å².